The van der Waals surface area contributed by atoms with Crippen molar-refractivity contribution in [3.8, 4) is 11.5 Å². The van der Waals surface area contributed by atoms with Gasteiger partial charge in [0.25, 0.3) is 0 Å². The van der Waals surface area contributed by atoms with E-state index < -0.39 is 0 Å². The second-order valence-electron chi connectivity index (χ2n) is 4.41. The number of nitrogens with one attached hydrogen (secondary N) is 1. The highest BCUT2D eigenvalue weighted by molar-refractivity contribution is 7.98. The van der Waals surface area contributed by atoms with Gasteiger partial charge in [0, 0.05) is 18.2 Å². The Morgan fingerprint density at radius 1 is 1.11 bits per heavy atom. The molecule has 19 heavy (non-hydrogen) atoms. The lowest BCUT2D eigenvalue weighted by Crippen LogP contribution is -2.15. The lowest BCUT2D eigenvalue weighted by atomic mass is 10.2. The second kappa shape index (κ2) is 9.98. The molecule has 0 fully saturated rings. The fourth-order valence-electron chi connectivity index (χ4n) is 1.89. The van der Waals surface area contributed by atoms with E-state index in [2.05, 4.69) is 17.6 Å². The van der Waals surface area contributed by atoms with Gasteiger partial charge >= 0.3 is 0 Å². The second-order valence-corrected chi connectivity index (χ2v) is 5.39. The monoisotopic (exact) mass is 283 g/mol. The number of unbranched alkanes of at least 4 members (excludes halogenated alkanes) is 2. The number of hydrogen-bond acceptors (Lipinski definition) is 4. The molecule has 0 aromatic heterocycles. The molecule has 0 saturated carbocycles. The molecular weight excluding hydrogens is 258 g/mol. The number of methoxy groups -OCH3 is 2. The van der Waals surface area contributed by atoms with Crippen molar-refractivity contribution < 1.29 is 9.47 Å². The zero-order valence-electron chi connectivity index (χ0n) is 12.2. The van der Waals surface area contributed by atoms with E-state index in [9.17, 15) is 0 Å². The molecule has 1 rings (SSSR count). The van der Waals surface area contributed by atoms with Crippen LogP contribution >= 0.6 is 11.8 Å². The first-order chi connectivity index (χ1) is 9.31. The first-order valence-corrected chi connectivity index (χ1v) is 8.11. The molecule has 0 radical (unpaired) electrons. The van der Waals surface area contributed by atoms with Gasteiger partial charge < -0.3 is 14.8 Å². The molecular formula is C15H25NO2S. The van der Waals surface area contributed by atoms with Gasteiger partial charge in [0.15, 0.2) is 0 Å². The third kappa shape index (κ3) is 6.21. The molecule has 0 saturated heterocycles. The molecule has 3 nitrogen and oxygen atoms in total. The SMILES string of the molecule is COc1ccc(CNCCCCCSC)c(OC)c1. The van der Waals surface area contributed by atoms with Crippen molar-refractivity contribution in [1.82, 2.24) is 5.32 Å². The summed E-state index contributed by atoms with van der Waals surface area (Å²) in [7, 11) is 3.36. The lowest BCUT2D eigenvalue weighted by Gasteiger charge is -2.11. The van der Waals surface area contributed by atoms with Crippen molar-refractivity contribution in [2.75, 3.05) is 32.8 Å². The van der Waals surface area contributed by atoms with Crippen molar-refractivity contribution in [3.05, 3.63) is 23.8 Å². The maximum absolute atomic E-state index is 5.38. The molecule has 0 atom stereocenters. The van der Waals surface area contributed by atoms with Crippen molar-refractivity contribution in [1.29, 1.82) is 0 Å². The molecule has 0 spiro atoms. The summed E-state index contributed by atoms with van der Waals surface area (Å²) in [6.07, 6.45) is 6.01. The molecule has 0 amide bonds. The summed E-state index contributed by atoms with van der Waals surface area (Å²) in [5, 5.41) is 3.46. The summed E-state index contributed by atoms with van der Waals surface area (Å²) in [4.78, 5) is 0. The highest BCUT2D eigenvalue weighted by atomic mass is 32.2. The van der Waals surface area contributed by atoms with Gasteiger partial charge in [-0.05, 0) is 37.5 Å². The van der Waals surface area contributed by atoms with E-state index in [0.29, 0.717) is 0 Å². The van der Waals surface area contributed by atoms with E-state index in [-0.39, 0.29) is 0 Å². The van der Waals surface area contributed by atoms with E-state index in [0.717, 1.165) is 24.6 Å². The highest BCUT2D eigenvalue weighted by Gasteiger charge is 2.04. The smallest absolute Gasteiger partial charge is 0.127 e. The van der Waals surface area contributed by atoms with Gasteiger partial charge in [-0.3, -0.25) is 0 Å². The normalized spacial score (nSPS) is 10.5. The molecule has 0 unspecified atom stereocenters. The molecule has 108 valence electrons. The molecule has 0 heterocycles. The van der Waals surface area contributed by atoms with E-state index in [4.69, 9.17) is 9.47 Å². The van der Waals surface area contributed by atoms with Crippen LogP contribution in [0.5, 0.6) is 11.5 Å². The fraction of sp³-hybridized carbons (Fsp3) is 0.600. The fourth-order valence-corrected chi connectivity index (χ4v) is 2.39. The van der Waals surface area contributed by atoms with Crippen LogP contribution in [0.1, 0.15) is 24.8 Å². The van der Waals surface area contributed by atoms with E-state index >= 15 is 0 Å². The van der Waals surface area contributed by atoms with Gasteiger partial charge in [0.2, 0.25) is 0 Å². The molecule has 0 bridgehead atoms. The van der Waals surface area contributed by atoms with Gasteiger partial charge in [-0.1, -0.05) is 12.5 Å². The Bertz CT molecular complexity index is 358. The molecule has 4 heteroatoms. The summed E-state index contributed by atoms with van der Waals surface area (Å²) in [6.45, 7) is 1.90. The zero-order valence-corrected chi connectivity index (χ0v) is 13.0. The van der Waals surface area contributed by atoms with E-state index in [1.165, 1.54) is 30.6 Å². The molecule has 0 aliphatic carbocycles. The Morgan fingerprint density at radius 2 is 1.95 bits per heavy atom. The Labute approximate surface area is 121 Å². The van der Waals surface area contributed by atoms with Crippen LogP contribution in [0.2, 0.25) is 0 Å². The maximum atomic E-state index is 5.38. The summed E-state index contributed by atoms with van der Waals surface area (Å²) in [6, 6.07) is 5.95. The standard InChI is InChI=1S/C15H25NO2S/c1-17-14-8-7-13(15(11-14)18-2)12-16-9-5-4-6-10-19-3/h7-8,11,16H,4-6,9-10,12H2,1-3H3. The number of thioether (sulfide) groups is 1. The van der Waals surface area contributed by atoms with Crippen molar-refractivity contribution in [2.24, 2.45) is 0 Å². The Hall–Kier alpha value is -0.870. The van der Waals surface area contributed by atoms with Gasteiger partial charge in [0.05, 0.1) is 14.2 Å². The first kappa shape index (κ1) is 16.2. The Morgan fingerprint density at radius 3 is 2.63 bits per heavy atom. The predicted octanol–water partition coefficient (Wildman–Crippen LogP) is 3.33. The third-order valence-electron chi connectivity index (χ3n) is 3.01. The topological polar surface area (TPSA) is 30.5 Å². The zero-order chi connectivity index (χ0) is 13.9. The van der Waals surface area contributed by atoms with Crippen LogP contribution in [0.25, 0.3) is 0 Å². The van der Waals surface area contributed by atoms with Gasteiger partial charge in [-0.2, -0.15) is 11.8 Å². The number of hydrogen-bond donors (Lipinski definition) is 1. The number of ether oxygens (including phenoxy) is 2. The Kier molecular flexibility index (Phi) is 8.50. The van der Waals surface area contributed by atoms with Crippen LogP contribution in [0.4, 0.5) is 0 Å². The van der Waals surface area contributed by atoms with Crippen molar-refractivity contribution in [2.45, 2.75) is 25.8 Å². The van der Waals surface area contributed by atoms with Crippen molar-refractivity contribution in [3.63, 3.8) is 0 Å². The third-order valence-corrected chi connectivity index (χ3v) is 3.71. The predicted molar refractivity (Wildman–Crippen MR) is 83.5 cm³/mol. The van der Waals surface area contributed by atoms with Crippen LogP contribution in [-0.4, -0.2) is 32.8 Å². The van der Waals surface area contributed by atoms with Crippen LogP contribution in [0.15, 0.2) is 18.2 Å². The van der Waals surface area contributed by atoms with Gasteiger partial charge in [0.1, 0.15) is 11.5 Å². The van der Waals surface area contributed by atoms with Gasteiger partial charge in [-0.15, -0.1) is 0 Å². The highest BCUT2D eigenvalue weighted by Crippen LogP contribution is 2.24. The number of rotatable bonds is 10. The molecule has 0 aliphatic heterocycles. The quantitative estimate of drug-likeness (QED) is 0.667. The van der Waals surface area contributed by atoms with E-state index in [1.54, 1.807) is 14.2 Å². The van der Waals surface area contributed by atoms with Crippen LogP contribution < -0.4 is 14.8 Å². The molecule has 1 aromatic carbocycles. The minimum absolute atomic E-state index is 0.831. The lowest BCUT2D eigenvalue weighted by molar-refractivity contribution is 0.389. The van der Waals surface area contributed by atoms with Crippen LogP contribution in [-0.2, 0) is 6.54 Å². The molecule has 1 aromatic rings. The largest absolute Gasteiger partial charge is 0.497 e. The van der Waals surface area contributed by atoms with Gasteiger partial charge in [-0.25, -0.2) is 0 Å². The minimum Gasteiger partial charge on any atom is -0.497 e. The number of benzene rings is 1. The molecule has 1 N–H and O–H groups in total. The van der Waals surface area contributed by atoms with Crippen molar-refractivity contribution >= 4 is 11.8 Å². The summed E-state index contributed by atoms with van der Waals surface area (Å²) in [5.74, 6) is 2.98. The first-order valence-electron chi connectivity index (χ1n) is 6.72. The maximum Gasteiger partial charge on any atom is 0.127 e. The summed E-state index contributed by atoms with van der Waals surface area (Å²) < 4.78 is 10.6. The average molecular weight is 283 g/mol. The average Bonchev–Trinajstić information content (AvgIpc) is 2.46. The van der Waals surface area contributed by atoms with Crippen LogP contribution in [0.3, 0.4) is 0 Å². The van der Waals surface area contributed by atoms with E-state index in [1.807, 2.05) is 23.9 Å². The minimum atomic E-state index is 0.831. The Balaban J connectivity index is 2.28. The summed E-state index contributed by atoms with van der Waals surface area (Å²) >= 11 is 1.92. The van der Waals surface area contributed by atoms with Crippen LogP contribution in [0, 0.1) is 0 Å². The molecule has 0 aliphatic rings. The summed E-state index contributed by atoms with van der Waals surface area (Å²) in [5.41, 5.74) is 1.17.